The van der Waals surface area contributed by atoms with E-state index in [1.807, 2.05) is 0 Å². The van der Waals surface area contributed by atoms with Gasteiger partial charge in [0, 0.05) is 23.2 Å². The van der Waals surface area contributed by atoms with E-state index in [9.17, 15) is 18.0 Å². The maximum Gasteiger partial charge on any atom is 0.416 e. The smallest absolute Gasteiger partial charge is 0.382 e. The fourth-order valence-electron chi connectivity index (χ4n) is 2.77. The number of hydrogen-bond donors (Lipinski definition) is 3. The predicted octanol–water partition coefficient (Wildman–Crippen LogP) is 3.49. The highest BCUT2D eigenvalue weighted by molar-refractivity contribution is 5.94. The Labute approximate surface area is 171 Å². The average molecular weight is 415 g/mol. The summed E-state index contributed by atoms with van der Waals surface area (Å²) in [6, 6.07) is 11.3. The summed E-state index contributed by atoms with van der Waals surface area (Å²) in [6.07, 6.45) is -2.26. The Balaban J connectivity index is 1.84. The number of hydrogen-bond acceptors (Lipinski definition) is 5. The van der Waals surface area contributed by atoms with E-state index in [2.05, 4.69) is 15.3 Å². The number of nitrogens with zero attached hydrogens (tertiary/aromatic N) is 2. The van der Waals surface area contributed by atoms with Gasteiger partial charge < -0.3 is 16.8 Å². The number of nitrogens with two attached hydrogens (primary N) is 2. The molecule has 0 aliphatic carbocycles. The minimum Gasteiger partial charge on any atom is -0.382 e. The predicted molar refractivity (Wildman–Crippen MR) is 108 cm³/mol. The highest BCUT2D eigenvalue weighted by Crippen LogP contribution is 2.32. The number of rotatable bonds is 6. The molecule has 0 aliphatic rings. The quantitative estimate of drug-likeness (QED) is 0.534. The number of amides is 1. The van der Waals surface area contributed by atoms with Gasteiger partial charge in [-0.1, -0.05) is 24.3 Å². The number of carbonyl (C=O) groups is 1. The first-order valence-corrected chi connectivity index (χ1v) is 9.18. The van der Waals surface area contributed by atoms with E-state index in [1.54, 1.807) is 24.3 Å². The Morgan fingerprint density at radius 3 is 2.23 bits per heavy atom. The zero-order chi connectivity index (χ0) is 21.7. The van der Waals surface area contributed by atoms with Crippen LogP contribution in [0.2, 0.25) is 0 Å². The molecule has 0 aliphatic heterocycles. The molecule has 1 aromatic heterocycles. The van der Waals surface area contributed by atoms with Crippen molar-refractivity contribution in [3.05, 3.63) is 65.9 Å². The van der Waals surface area contributed by atoms with E-state index in [-0.39, 0.29) is 17.4 Å². The molecule has 0 unspecified atom stereocenters. The van der Waals surface area contributed by atoms with E-state index < -0.39 is 11.7 Å². The lowest BCUT2D eigenvalue weighted by Crippen LogP contribution is -2.25. The number of halogens is 3. The summed E-state index contributed by atoms with van der Waals surface area (Å²) in [5.74, 6) is -0.0988. The molecule has 30 heavy (non-hydrogen) atoms. The molecule has 3 rings (SSSR count). The van der Waals surface area contributed by atoms with E-state index in [1.165, 1.54) is 18.3 Å². The third-order valence-corrected chi connectivity index (χ3v) is 4.40. The Morgan fingerprint density at radius 2 is 1.63 bits per heavy atom. The zero-order valence-electron chi connectivity index (χ0n) is 15.9. The molecule has 0 radical (unpaired) electrons. The second-order valence-corrected chi connectivity index (χ2v) is 6.54. The van der Waals surface area contributed by atoms with Gasteiger partial charge in [0.15, 0.2) is 0 Å². The van der Waals surface area contributed by atoms with Gasteiger partial charge in [-0.25, -0.2) is 9.97 Å². The summed E-state index contributed by atoms with van der Waals surface area (Å²) in [5, 5.41) is 2.77. The highest BCUT2D eigenvalue weighted by Gasteiger charge is 2.30. The Hall–Kier alpha value is -3.46. The van der Waals surface area contributed by atoms with Crippen LogP contribution >= 0.6 is 0 Å². The van der Waals surface area contributed by atoms with Crippen LogP contribution in [0.1, 0.15) is 22.3 Å². The molecule has 0 atom stereocenters. The van der Waals surface area contributed by atoms with Crippen LogP contribution < -0.4 is 16.8 Å². The molecule has 2 aromatic carbocycles. The molecular weight excluding hydrogens is 395 g/mol. The number of nitrogen functional groups attached to an aromatic ring is 1. The fraction of sp³-hybridized carbons (Fsp3) is 0.190. The first-order chi connectivity index (χ1) is 14.3. The van der Waals surface area contributed by atoms with Gasteiger partial charge in [-0.15, -0.1) is 0 Å². The molecule has 9 heteroatoms. The maximum atomic E-state index is 12.8. The van der Waals surface area contributed by atoms with Crippen LogP contribution in [0.25, 0.3) is 22.5 Å². The van der Waals surface area contributed by atoms with Crippen molar-refractivity contribution in [2.75, 3.05) is 18.8 Å². The van der Waals surface area contributed by atoms with Crippen molar-refractivity contribution >= 4 is 11.7 Å². The van der Waals surface area contributed by atoms with Crippen LogP contribution in [0.5, 0.6) is 0 Å². The summed E-state index contributed by atoms with van der Waals surface area (Å²) < 4.78 is 38.3. The second-order valence-electron chi connectivity index (χ2n) is 6.54. The number of nitrogens with one attached hydrogen (secondary N) is 1. The Kier molecular flexibility index (Phi) is 6.31. The molecule has 156 valence electrons. The first kappa shape index (κ1) is 21.3. The van der Waals surface area contributed by atoms with E-state index in [0.29, 0.717) is 41.9 Å². The minimum atomic E-state index is -4.42. The summed E-state index contributed by atoms with van der Waals surface area (Å²) in [6.45, 7) is 0.993. The molecule has 1 heterocycles. The molecule has 0 saturated heterocycles. The van der Waals surface area contributed by atoms with Gasteiger partial charge in [0.1, 0.15) is 11.5 Å². The van der Waals surface area contributed by atoms with Crippen molar-refractivity contribution in [3.8, 4) is 22.5 Å². The third kappa shape index (κ3) is 4.93. The monoisotopic (exact) mass is 415 g/mol. The van der Waals surface area contributed by atoms with Gasteiger partial charge in [-0.3, -0.25) is 4.79 Å². The zero-order valence-corrected chi connectivity index (χ0v) is 15.9. The SMILES string of the molecule is NCCCNC(=O)c1ccc(-c2cnc(N)c(-c3ccc(C(F)(F)F)cc3)n2)cc1. The average Bonchev–Trinajstić information content (AvgIpc) is 2.74. The van der Waals surface area contributed by atoms with Gasteiger partial charge in [0.25, 0.3) is 5.91 Å². The molecule has 5 N–H and O–H groups in total. The molecule has 0 saturated carbocycles. The van der Waals surface area contributed by atoms with Gasteiger partial charge in [-0.2, -0.15) is 13.2 Å². The van der Waals surface area contributed by atoms with Gasteiger partial charge in [-0.05, 0) is 37.2 Å². The maximum absolute atomic E-state index is 12.8. The summed E-state index contributed by atoms with van der Waals surface area (Å²) >= 11 is 0. The fourth-order valence-corrected chi connectivity index (χ4v) is 2.77. The number of anilines is 1. The topological polar surface area (TPSA) is 107 Å². The molecule has 1 amide bonds. The lowest BCUT2D eigenvalue weighted by Gasteiger charge is -2.10. The molecule has 0 fully saturated rings. The number of alkyl halides is 3. The van der Waals surface area contributed by atoms with Gasteiger partial charge in [0.05, 0.1) is 17.5 Å². The Bertz CT molecular complexity index is 1020. The van der Waals surface area contributed by atoms with Crippen LogP contribution in [0, 0.1) is 0 Å². The highest BCUT2D eigenvalue weighted by atomic mass is 19.4. The van der Waals surface area contributed by atoms with Crippen LogP contribution in [-0.4, -0.2) is 29.0 Å². The van der Waals surface area contributed by atoms with Crippen molar-refractivity contribution in [2.45, 2.75) is 12.6 Å². The summed E-state index contributed by atoms with van der Waals surface area (Å²) in [5.41, 5.74) is 12.9. The van der Waals surface area contributed by atoms with E-state index >= 15 is 0 Å². The van der Waals surface area contributed by atoms with Crippen LogP contribution in [0.15, 0.2) is 54.7 Å². The largest absolute Gasteiger partial charge is 0.416 e. The van der Waals surface area contributed by atoms with Crippen molar-refractivity contribution < 1.29 is 18.0 Å². The van der Waals surface area contributed by atoms with Crippen LogP contribution in [0.3, 0.4) is 0 Å². The van der Waals surface area contributed by atoms with Crippen molar-refractivity contribution in [1.82, 2.24) is 15.3 Å². The molecule has 0 bridgehead atoms. The van der Waals surface area contributed by atoms with Crippen LogP contribution in [-0.2, 0) is 6.18 Å². The number of aromatic nitrogens is 2. The Morgan fingerprint density at radius 1 is 1.00 bits per heavy atom. The molecule has 3 aromatic rings. The second kappa shape index (κ2) is 8.91. The normalized spacial score (nSPS) is 11.3. The molecule has 6 nitrogen and oxygen atoms in total. The van der Waals surface area contributed by atoms with Gasteiger partial charge >= 0.3 is 6.18 Å². The van der Waals surface area contributed by atoms with Gasteiger partial charge in [0.2, 0.25) is 0 Å². The molecule has 0 spiro atoms. The van der Waals surface area contributed by atoms with Crippen molar-refractivity contribution in [3.63, 3.8) is 0 Å². The van der Waals surface area contributed by atoms with Crippen molar-refractivity contribution in [2.24, 2.45) is 5.73 Å². The standard InChI is InChI=1S/C21H20F3N5O/c22-21(23,24)16-8-6-14(7-9-16)18-19(26)28-12-17(29-18)13-2-4-15(5-3-13)20(30)27-11-1-10-25/h2-9,12H,1,10-11,25H2,(H2,26,28)(H,27,30). The number of benzene rings is 2. The van der Waals surface area contributed by atoms with Crippen LogP contribution in [0.4, 0.5) is 19.0 Å². The van der Waals surface area contributed by atoms with E-state index in [0.717, 1.165) is 12.1 Å². The number of carbonyl (C=O) groups excluding carboxylic acids is 1. The lowest BCUT2D eigenvalue weighted by molar-refractivity contribution is -0.137. The first-order valence-electron chi connectivity index (χ1n) is 9.18. The van der Waals surface area contributed by atoms with E-state index in [4.69, 9.17) is 11.5 Å². The third-order valence-electron chi connectivity index (χ3n) is 4.40. The minimum absolute atomic E-state index is 0.106. The summed E-state index contributed by atoms with van der Waals surface area (Å²) in [7, 11) is 0. The molecular formula is C21H20F3N5O. The van der Waals surface area contributed by atoms with Crippen molar-refractivity contribution in [1.29, 1.82) is 0 Å². The lowest BCUT2D eigenvalue weighted by atomic mass is 10.1. The summed E-state index contributed by atoms with van der Waals surface area (Å²) in [4.78, 5) is 20.6.